The molecule has 2 radical (unpaired) electrons. The highest BCUT2D eigenvalue weighted by atomic mass is 16.5. The number of ether oxygens (including phenoxy) is 2. The third-order valence-electron chi connectivity index (χ3n) is 2.99. The van der Waals surface area contributed by atoms with E-state index in [0.717, 1.165) is 17.1 Å². The van der Waals surface area contributed by atoms with Crippen LogP contribution in [-0.4, -0.2) is 14.2 Å². The standard InChI is InChI=1S/C15H12O2/c1-16-11-5-3-10(4-6-11)15-13-8-7-12(17-2)9-14(13)15/h3,5-9H,1-2H3. The number of hydrogen-bond donors (Lipinski definition) is 0. The molecule has 1 aliphatic rings. The summed E-state index contributed by atoms with van der Waals surface area (Å²) in [7, 11) is 3.34. The van der Waals surface area contributed by atoms with Gasteiger partial charge < -0.3 is 9.47 Å². The molecule has 0 heterocycles. The Hall–Kier alpha value is -1.96. The predicted octanol–water partition coefficient (Wildman–Crippen LogP) is 2.84. The second kappa shape index (κ2) is 3.81. The molecule has 0 atom stereocenters. The lowest BCUT2D eigenvalue weighted by atomic mass is 10.1. The summed E-state index contributed by atoms with van der Waals surface area (Å²) in [4.78, 5) is 0. The van der Waals surface area contributed by atoms with Gasteiger partial charge in [-0.1, -0.05) is 12.1 Å². The molecule has 0 fully saturated rings. The topological polar surface area (TPSA) is 18.5 Å². The number of benzene rings is 2. The lowest BCUT2D eigenvalue weighted by molar-refractivity contribution is 0.414. The van der Waals surface area contributed by atoms with Crippen molar-refractivity contribution in [2.75, 3.05) is 14.2 Å². The Balaban J connectivity index is 1.88. The van der Waals surface area contributed by atoms with Crippen LogP contribution in [-0.2, 0) is 0 Å². The van der Waals surface area contributed by atoms with Crippen LogP contribution in [0, 0.1) is 12.0 Å². The van der Waals surface area contributed by atoms with Crippen molar-refractivity contribution in [3.63, 3.8) is 0 Å². The molecular weight excluding hydrogens is 212 g/mol. The summed E-state index contributed by atoms with van der Waals surface area (Å²) < 4.78 is 10.3. The zero-order valence-corrected chi connectivity index (χ0v) is 9.78. The van der Waals surface area contributed by atoms with Crippen molar-refractivity contribution in [2.24, 2.45) is 0 Å². The second-order valence-corrected chi connectivity index (χ2v) is 3.93. The van der Waals surface area contributed by atoms with Gasteiger partial charge in [0.15, 0.2) is 0 Å². The molecule has 17 heavy (non-hydrogen) atoms. The van der Waals surface area contributed by atoms with E-state index < -0.39 is 0 Å². The number of rotatable bonds is 3. The minimum Gasteiger partial charge on any atom is -0.497 e. The summed E-state index contributed by atoms with van der Waals surface area (Å²) in [5, 5.41) is 0. The quantitative estimate of drug-likeness (QED) is 0.681. The smallest absolute Gasteiger partial charge is 0.119 e. The molecule has 0 aromatic heterocycles. The summed E-state index contributed by atoms with van der Waals surface area (Å²) in [5.74, 6) is 2.99. The fraction of sp³-hybridized carbons (Fsp3) is 0.133. The van der Waals surface area contributed by atoms with Crippen molar-refractivity contribution in [3.8, 4) is 11.5 Å². The summed E-state index contributed by atoms with van der Waals surface area (Å²) >= 11 is 0. The van der Waals surface area contributed by atoms with Crippen LogP contribution in [0.25, 0.3) is 0 Å². The molecular formula is C15H12O2. The van der Waals surface area contributed by atoms with E-state index in [1.807, 2.05) is 24.3 Å². The van der Waals surface area contributed by atoms with Crippen LogP contribution in [0.1, 0.15) is 16.7 Å². The van der Waals surface area contributed by atoms with Crippen LogP contribution in [0.4, 0.5) is 0 Å². The Morgan fingerprint density at radius 1 is 0.882 bits per heavy atom. The first kappa shape index (κ1) is 10.2. The SMILES string of the molecule is COc1c[c]c([C]2c3ccc(OC)cc32)cc1. The summed E-state index contributed by atoms with van der Waals surface area (Å²) in [6, 6.07) is 15.2. The van der Waals surface area contributed by atoms with Crippen LogP contribution in [0.3, 0.4) is 0 Å². The Labute approximate surface area is 101 Å². The highest BCUT2D eigenvalue weighted by Crippen LogP contribution is 2.48. The molecule has 2 aromatic rings. The maximum Gasteiger partial charge on any atom is 0.119 e. The Morgan fingerprint density at radius 2 is 1.65 bits per heavy atom. The van der Waals surface area contributed by atoms with Gasteiger partial charge in [0.25, 0.3) is 0 Å². The van der Waals surface area contributed by atoms with Gasteiger partial charge in [-0.25, -0.2) is 0 Å². The van der Waals surface area contributed by atoms with E-state index in [9.17, 15) is 0 Å². The fourth-order valence-electron chi connectivity index (χ4n) is 2.01. The van der Waals surface area contributed by atoms with Gasteiger partial charge in [-0.15, -0.1) is 0 Å². The minimum absolute atomic E-state index is 0.830. The number of fused-ring (bicyclic) bond motifs is 1. The first-order chi connectivity index (χ1) is 8.33. The number of methoxy groups -OCH3 is 2. The molecule has 84 valence electrons. The van der Waals surface area contributed by atoms with Gasteiger partial charge in [-0.2, -0.15) is 0 Å². The largest absolute Gasteiger partial charge is 0.497 e. The van der Waals surface area contributed by atoms with Gasteiger partial charge in [0.2, 0.25) is 0 Å². The molecule has 0 amide bonds. The maximum atomic E-state index is 5.21. The third-order valence-corrected chi connectivity index (χ3v) is 2.99. The minimum atomic E-state index is 0.830. The highest BCUT2D eigenvalue weighted by Gasteiger charge is 2.35. The van der Waals surface area contributed by atoms with Gasteiger partial charge in [0.1, 0.15) is 11.5 Å². The van der Waals surface area contributed by atoms with Crippen LogP contribution in [0.2, 0.25) is 0 Å². The second-order valence-electron chi connectivity index (χ2n) is 3.93. The monoisotopic (exact) mass is 224 g/mol. The third kappa shape index (κ3) is 1.66. The van der Waals surface area contributed by atoms with Gasteiger partial charge in [-0.05, 0) is 47.0 Å². The van der Waals surface area contributed by atoms with E-state index in [2.05, 4.69) is 18.2 Å². The lowest BCUT2D eigenvalue weighted by Crippen LogP contribution is -1.85. The summed E-state index contributed by atoms with van der Waals surface area (Å²) in [6.07, 6.45) is 0. The molecule has 1 aliphatic carbocycles. The lowest BCUT2D eigenvalue weighted by Gasteiger charge is -2.00. The molecule has 0 saturated carbocycles. The average Bonchev–Trinajstić information content (AvgIpc) is 3.12. The fourth-order valence-corrected chi connectivity index (χ4v) is 2.01. The molecule has 2 nitrogen and oxygen atoms in total. The molecule has 0 unspecified atom stereocenters. The molecule has 0 N–H and O–H groups in total. The van der Waals surface area contributed by atoms with Gasteiger partial charge in [0.05, 0.1) is 20.1 Å². The number of hydrogen-bond acceptors (Lipinski definition) is 2. The highest BCUT2D eigenvalue weighted by molar-refractivity contribution is 5.76. The Morgan fingerprint density at radius 3 is 2.29 bits per heavy atom. The normalized spacial score (nSPS) is 13.1. The zero-order valence-electron chi connectivity index (χ0n) is 9.78. The first-order valence-corrected chi connectivity index (χ1v) is 5.45. The molecule has 0 saturated heterocycles. The van der Waals surface area contributed by atoms with Gasteiger partial charge >= 0.3 is 0 Å². The Bertz CT molecular complexity index is 543. The molecule has 2 aromatic carbocycles. The van der Waals surface area contributed by atoms with Crippen LogP contribution < -0.4 is 9.47 Å². The van der Waals surface area contributed by atoms with E-state index in [-0.39, 0.29) is 0 Å². The molecule has 0 spiro atoms. The molecule has 2 heteroatoms. The Kier molecular flexibility index (Phi) is 2.29. The molecule has 0 bridgehead atoms. The van der Waals surface area contributed by atoms with Crippen molar-refractivity contribution in [1.82, 2.24) is 0 Å². The van der Waals surface area contributed by atoms with Crippen LogP contribution in [0.5, 0.6) is 11.5 Å². The van der Waals surface area contributed by atoms with Crippen molar-refractivity contribution in [3.05, 3.63) is 65.1 Å². The van der Waals surface area contributed by atoms with E-state index in [1.165, 1.54) is 17.0 Å². The van der Waals surface area contributed by atoms with Crippen LogP contribution >= 0.6 is 0 Å². The van der Waals surface area contributed by atoms with Crippen molar-refractivity contribution < 1.29 is 9.47 Å². The zero-order chi connectivity index (χ0) is 11.8. The van der Waals surface area contributed by atoms with E-state index in [4.69, 9.17) is 9.47 Å². The maximum absolute atomic E-state index is 5.21. The summed E-state index contributed by atoms with van der Waals surface area (Å²) in [6.45, 7) is 0. The van der Waals surface area contributed by atoms with E-state index in [1.54, 1.807) is 14.2 Å². The van der Waals surface area contributed by atoms with Crippen LogP contribution in [0.15, 0.2) is 36.4 Å². The molecule has 3 rings (SSSR count). The van der Waals surface area contributed by atoms with Gasteiger partial charge in [0, 0.05) is 0 Å². The predicted molar refractivity (Wildman–Crippen MR) is 65.4 cm³/mol. The van der Waals surface area contributed by atoms with Crippen molar-refractivity contribution in [2.45, 2.75) is 0 Å². The average molecular weight is 224 g/mol. The first-order valence-electron chi connectivity index (χ1n) is 5.45. The van der Waals surface area contributed by atoms with E-state index in [0.29, 0.717) is 0 Å². The van der Waals surface area contributed by atoms with Crippen molar-refractivity contribution >= 4 is 0 Å². The van der Waals surface area contributed by atoms with Gasteiger partial charge in [-0.3, -0.25) is 0 Å². The van der Waals surface area contributed by atoms with E-state index >= 15 is 0 Å². The summed E-state index contributed by atoms with van der Waals surface area (Å²) in [5.41, 5.74) is 3.65. The molecule has 0 aliphatic heterocycles. The van der Waals surface area contributed by atoms with Crippen molar-refractivity contribution in [1.29, 1.82) is 0 Å².